The van der Waals surface area contributed by atoms with Crippen molar-refractivity contribution >= 4 is 17.7 Å². The highest BCUT2D eigenvalue weighted by atomic mass is 19.4. The van der Waals surface area contributed by atoms with E-state index in [0.29, 0.717) is 0 Å². The van der Waals surface area contributed by atoms with Gasteiger partial charge in [0.15, 0.2) is 0 Å². The van der Waals surface area contributed by atoms with Crippen LogP contribution >= 0.6 is 0 Å². The molecule has 0 aromatic heterocycles. The van der Waals surface area contributed by atoms with E-state index in [4.69, 9.17) is 0 Å². The summed E-state index contributed by atoms with van der Waals surface area (Å²) < 4.78 is 73.6. The summed E-state index contributed by atoms with van der Waals surface area (Å²) in [6.45, 7) is -2.07. The standard InChI is InChI=1S/C8H6F6N2O3/c9-7(10,11)5(8(12,13)14)6(19)16-1-3(17)15-4(18)2-16/h5H,1-2H2,(H,15,17,18). The zero-order valence-corrected chi connectivity index (χ0v) is 8.93. The van der Waals surface area contributed by atoms with E-state index in [2.05, 4.69) is 0 Å². The third-order valence-electron chi connectivity index (χ3n) is 2.16. The number of imide groups is 1. The van der Waals surface area contributed by atoms with E-state index in [-0.39, 0.29) is 4.90 Å². The number of piperazine rings is 1. The highest BCUT2D eigenvalue weighted by Gasteiger charge is 2.62. The first-order valence-corrected chi connectivity index (χ1v) is 4.68. The van der Waals surface area contributed by atoms with Gasteiger partial charge in [-0.05, 0) is 0 Å². The number of alkyl halides is 6. The number of amides is 3. The molecule has 1 aliphatic rings. The Kier molecular flexibility index (Phi) is 3.77. The first-order valence-electron chi connectivity index (χ1n) is 4.68. The fraction of sp³-hybridized carbons (Fsp3) is 0.625. The molecule has 1 fully saturated rings. The van der Waals surface area contributed by atoms with Crippen LogP contribution in [0.5, 0.6) is 0 Å². The predicted octanol–water partition coefficient (Wildman–Crippen LogP) is 0.212. The lowest BCUT2D eigenvalue weighted by Crippen LogP contribution is -2.58. The lowest BCUT2D eigenvalue weighted by molar-refractivity contribution is -0.277. The summed E-state index contributed by atoms with van der Waals surface area (Å²) in [5, 5.41) is 1.65. The molecule has 0 aromatic rings. The Balaban J connectivity index is 3.01. The molecular weight excluding hydrogens is 286 g/mol. The van der Waals surface area contributed by atoms with Crippen LogP contribution in [0, 0.1) is 5.92 Å². The van der Waals surface area contributed by atoms with Gasteiger partial charge in [0.05, 0.1) is 0 Å². The molecule has 0 spiro atoms. The van der Waals surface area contributed by atoms with Gasteiger partial charge in [-0.2, -0.15) is 26.3 Å². The van der Waals surface area contributed by atoms with E-state index in [9.17, 15) is 40.7 Å². The van der Waals surface area contributed by atoms with E-state index in [1.807, 2.05) is 0 Å². The minimum absolute atomic E-state index is 0.0766. The molecular formula is C8H6F6N2O3. The maximum absolute atomic E-state index is 12.3. The maximum atomic E-state index is 12.3. The molecule has 0 bridgehead atoms. The molecule has 0 unspecified atom stereocenters. The molecule has 0 atom stereocenters. The predicted molar refractivity (Wildman–Crippen MR) is 45.3 cm³/mol. The summed E-state index contributed by atoms with van der Waals surface area (Å²) in [6.07, 6.45) is -11.7. The largest absolute Gasteiger partial charge is 0.409 e. The first-order chi connectivity index (χ1) is 8.43. The van der Waals surface area contributed by atoms with E-state index in [1.54, 1.807) is 5.32 Å². The average Bonchev–Trinajstić information content (AvgIpc) is 2.10. The first kappa shape index (κ1) is 15.2. The van der Waals surface area contributed by atoms with Gasteiger partial charge in [0.25, 0.3) is 0 Å². The average molecular weight is 292 g/mol. The normalized spacial score (nSPS) is 17.7. The molecule has 108 valence electrons. The van der Waals surface area contributed by atoms with Gasteiger partial charge in [0.1, 0.15) is 13.1 Å². The number of carbonyl (C=O) groups is 3. The molecule has 19 heavy (non-hydrogen) atoms. The molecule has 1 rings (SSSR count). The summed E-state index contributed by atoms with van der Waals surface area (Å²) in [5.41, 5.74) is 0. The van der Waals surface area contributed by atoms with Crippen LogP contribution in [-0.2, 0) is 14.4 Å². The van der Waals surface area contributed by atoms with Crippen LogP contribution in [0.4, 0.5) is 26.3 Å². The maximum Gasteiger partial charge on any atom is 0.409 e. The number of carbonyl (C=O) groups excluding carboxylic acids is 3. The van der Waals surface area contributed by atoms with Crippen molar-refractivity contribution in [3.05, 3.63) is 0 Å². The fourth-order valence-corrected chi connectivity index (χ4v) is 1.44. The van der Waals surface area contributed by atoms with Crippen LogP contribution in [-0.4, -0.2) is 48.1 Å². The van der Waals surface area contributed by atoms with Gasteiger partial charge < -0.3 is 4.90 Å². The highest BCUT2D eigenvalue weighted by molar-refractivity contribution is 6.02. The second-order valence-corrected chi connectivity index (χ2v) is 3.68. The number of rotatable bonds is 1. The van der Waals surface area contributed by atoms with Crippen LogP contribution in [0.1, 0.15) is 0 Å². The minimum Gasteiger partial charge on any atom is -0.323 e. The molecule has 5 nitrogen and oxygen atoms in total. The summed E-state index contributed by atoms with van der Waals surface area (Å²) in [4.78, 5) is 32.8. The van der Waals surface area contributed by atoms with Crippen LogP contribution in [0.25, 0.3) is 0 Å². The molecule has 0 saturated carbocycles. The smallest absolute Gasteiger partial charge is 0.323 e. The summed E-state index contributed by atoms with van der Waals surface area (Å²) >= 11 is 0. The van der Waals surface area contributed by atoms with Crippen LogP contribution in [0.15, 0.2) is 0 Å². The Morgan fingerprint density at radius 3 is 1.68 bits per heavy atom. The van der Waals surface area contributed by atoms with Gasteiger partial charge in [0.2, 0.25) is 23.6 Å². The molecule has 0 aliphatic carbocycles. The third-order valence-corrected chi connectivity index (χ3v) is 2.16. The molecule has 3 amide bonds. The van der Waals surface area contributed by atoms with E-state index in [0.717, 1.165) is 0 Å². The monoisotopic (exact) mass is 292 g/mol. The van der Waals surface area contributed by atoms with Crippen LogP contribution in [0.2, 0.25) is 0 Å². The SMILES string of the molecule is O=C1CN(C(=O)C(C(F)(F)F)C(F)(F)F)CC(=O)N1. The zero-order valence-electron chi connectivity index (χ0n) is 8.93. The van der Waals surface area contributed by atoms with Crippen LogP contribution < -0.4 is 5.32 Å². The molecule has 1 saturated heterocycles. The number of halogens is 6. The summed E-state index contributed by atoms with van der Waals surface area (Å²) in [7, 11) is 0. The zero-order chi connectivity index (χ0) is 15.0. The van der Waals surface area contributed by atoms with Gasteiger partial charge in [-0.3, -0.25) is 19.7 Å². The molecule has 1 aliphatic heterocycles. The number of nitrogens with one attached hydrogen (secondary N) is 1. The lowest BCUT2D eigenvalue weighted by atomic mass is 10.1. The molecule has 1 heterocycles. The van der Waals surface area contributed by atoms with Gasteiger partial charge in [-0.1, -0.05) is 0 Å². The van der Waals surface area contributed by atoms with Crippen molar-refractivity contribution in [1.29, 1.82) is 0 Å². The molecule has 0 radical (unpaired) electrons. The van der Waals surface area contributed by atoms with E-state index < -0.39 is 49.1 Å². The molecule has 0 aromatic carbocycles. The quantitative estimate of drug-likeness (QED) is 0.555. The highest BCUT2D eigenvalue weighted by Crippen LogP contribution is 2.40. The van der Waals surface area contributed by atoms with Crippen molar-refractivity contribution in [3.8, 4) is 0 Å². The van der Waals surface area contributed by atoms with Gasteiger partial charge in [-0.15, -0.1) is 0 Å². The number of nitrogens with zero attached hydrogens (tertiary/aromatic N) is 1. The van der Waals surface area contributed by atoms with Crippen molar-refractivity contribution in [2.24, 2.45) is 5.92 Å². The van der Waals surface area contributed by atoms with Crippen molar-refractivity contribution in [2.75, 3.05) is 13.1 Å². The third kappa shape index (κ3) is 3.58. The Bertz CT molecular complexity index is 386. The Labute approximate surface area is 101 Å². The van der Waals surface area contributed by atoms with E-state index in [1.165, 1.54) is 0 Å². The number of hydrogen-bond acceptors (Lipinski definition) is 3. The summed E-state index contributed by atoms with van der Waals surface area (Å²) in [6, 6.07) is 0. The Morgan fingerprint density at radius 2 is 1.37 bits per heavy atom. The summed E-state index contributed by atoms with van der Waals surface area (Å²) in [5.74, 6) is -8.91. The van der Waals surface area contributed by atoms with Crippen molar-refractivity contribution in [2.45, 2.75) is 12.4 Å². The van der Waals surface area contributed by atoms with Crippen molar-refractivity contribution in [3.63, 3.8) is 0 Å². The van der Waals surface area contributed by atoms with Gasteiger partial charge in [0, 0.05) is 0 Å². The van der Waals surface area contributed by atoms with E-state index >= 15 is 0 Å². The topological polar surface area (TPSA) is 66.5 Å². The minimum atomic E-state index is -5.85. The van der Waals surface area contributed by atoms with Gasteiger partial charge in [-0.25, -0.2) is 0 Å². The van der Waals surface area contributed by atoms with Crippen LogP contribution in [0.3, 0.4) is 0 Å². The molecule has 11 heteroatoms. The Hall–Kier alpha value is -1.81. The molecule has 1 N–H and O–H groups in total. The van der Waals surface area contributed by atoms with Crippen molar-refractivity contribution < 1.29 is 40.7 Å². The number of hydrogen-bond donors (Lipinski definition) is 1. The fourth-order valence-electron chi connectivity index (χ4n) is 1.44. The second kappa shape index (κ2) is 4.70. The Morgan fingerprint density at radius 1 is 1.00 bits per heavy atom. The second-order valence-electron chi connectivity index (χ2n) is 3.68. The van der Waals surface area contributed by atoms with Crippen molar-refractivity contribution in [1.82, 2.24) is 10.2 Å². The lowest BCUT2D eigenvalue weighted by Gasteiger charge is -2.30. The van der Waals surface area contributed by atoms with Gasteiger partial charge >= 0.3 is 12.4 Å².